The molecule has 2 aromatic rings. The molecular formula is C16H20N4O2. The highest BCUT2D eigenvalue weighted by Crippen LogP contribution is 2.04. The molecule has 22 heavy (non-hydrogen) atoms. The molecular weight excluding hydrogens is 280 g/mol. The molecule has 1 saturated heterocycles. The molecule has 2 N–H and O–H groups in total. The summed E-state index contributed by atoms with van der Waals surface area (Å²) in [5.41, 5.74) is 2.19. The van der Waals surface area contributed by atoms with Gasteiger partial charge in [0.2, 0.25) is 5.91 Å². The topological polar surface area (TPSA) is 68.2 Å². The summed E-state index contributed by atoms with van der Waals surface area (Å²) in [5, 5.41) is 10.4. The predicted molar refractivity (Wildman–Crippen MR) is 82.2 cm³/mol. The first-order valence-electron chi connectivity index (χ1n) is 7.45. The van der Waals surface area contributed by atoms with Crippen molar-refractivity contribution in [2.24, 2.45) is 0 Å². The van der Waals surface area contributed by atoms with E-state index >= 15 is 0 Å². The lowest BCUT2D eigenvalue weighted by Crippen LogP contribution is -2.51. The summed E-state index contributed by atoms with van der Waals surface area (Å²) in [6.45, 7) is 3.01. The van der Waals surface area contributed by atoms with Crippen molar-refractivity contribution in [2.45, 2.75) is 19.1 Å². The van der Waals surface area contributed by atoms with E-state index in [2.05, 4.69) is 27.9 Å². The van der Waals surface area contributed by atoms with Crippen molar-refractivity contribution in [1.82, 2.24) is 20.4 Å². The van der Waals surface area contributed by atoms with Gasteiger partial charge in [0.15, 0.2) is 0 Å². The molecule has 1 fully saturated rings. The Labute approximate surface area is 129 Å². The fourth-order valence-corrected chi connectivity index (χ4v) is 2.40. The van der Waals surface area contributed by atoms with E-state index in [9.17, 15) is 4.79 Å². The number of carbonyl (C=O) groups excluding carboxylic acids is 1. The van der Waals surface area contributed by atoms with Crippen LogP contribution < -0.4 is 10.6 Å². The fourth-order valence-electron chi connectivity index (χ4n) is 2.40. The summed E-state index contributed by atoms with van der Waals surface area (Å²) in [6.07, 6.45) is 3.74. The average Bonchev–Trinajstić information content (AvgIpc) is 3.02. The molecule has 1 aliphatic heterocycles. The molecule has 0 bridgehead atoms. The number of rotatable bonds is 5. The maximum atomic E-state index is 12.0. The quantitative estimate of drug-likeness (QED) is 0.845. The number of aromatic nitrogens is 2. The van der Waals surface area contributed by atoms with Crippen LogP contribution in [0.4, 0.5) is 0 Å². The summed E-state index contributed by atoms with van der Waals surface area (Å²) in [6, 6.07) is 9.90. The smallest absolute Gasteiger partial charge is 0.239 e. The largest absolute Gasteiger partial charge is 0.378 e. The van der Waals surface area contributed by atoms with Gasteiger partial charge in [0.25, 0.3) is 0 Å². The highest BCUT2D eigenvalue weighted by molar-refractivity contribution is 5.81. The third-order valence-corrected chi connectivity index (χ3v) is 3.58. The highest BCUT2D eigenvalue weighted by Gasteiger charge is 2.20. The number of hydrogen-bond acceptors (Lipinski definition) is 4. The first kappa shape index (κ1) is 14.7. The fraction of sp³-hybridized carbons (Fsp3) is 0.375. The van der Waals surface area contributed by atoms with Gasteiger partial charge in [0.05, 0.1) is 26.0 Å². The maximum absolute atomic E-state index is 12.0. The third-order valence-electron chi connectivity index (χ3n) is 3.58. The Morgan fingerprint density at radius 3 is 3.00 bits per heavy atom. The van der Waals surface area contributed by atoms with Crippen LogP contribution >= 0.6 is 0 Å². The van der Waals surface area contributed by atoms with Crippen LogP contribution in [0.5, 0.6) is 0 Å². The molecule has 1 aliphatic rings. The number of nitrogens with one attached hydrogen (secondary N) is 2. The molecule has 1 aromatic heterocycles. The summed E-state index contributed by atoms with van der Waals surface area (Å²) in [4.78, 5) is 12.0. The lowest BCUT2D eigenvalue weighted by molar-refractivity contribution is -0.126. The zero-order valence-corrected chi connectivity index (χ0v) is 12.4. The van der Waals surface area contributed by atoms with E-state index < -0.39 is 0 Å². The first-order valence-corrected chi connectivity index (χ1v) is 7.45. The van der Waals surface area contributed by atoms with E-state index in [1.54, 1.807) is 6.20 Å². The van der Waals surface area contributed by atoms with Gasteiger partial charge in [-0.05, 0) is 5.56 Å². The minimum absolute atomic E-state index is 0.0319. The van der Waals surface area contributed by atoms with Crippen LogP contribution in [-0.2, 0) is 22.6 Å². The summed E-state index contributed by atoms with van der Waals surface area (Å²) < 4.78 is 7.16. The molecule has 6 heteroatoms. The minimum atomic E-state index is -0.256. The van der Waals surface area contributed by atoms with Gasteiger partial charge < -0.3 is 15.4 Å². The van der Waals surface area contributed by atoms with Crippen LogP contribution in [0, 0.1) is 0 Å². The highest BCUT2D eigenvalue weighted by atomic mass is 16.5. The molecule has 0 aliphatic carbocycles. The molecule has 0 spiro atoms. The van der Waals surface area contributed by atoms with Gasteiger partial charge in [-0.25, -0.2) is 0 Å². The minimum Gasteiger partial charge on any atom is -0.378 e. The first-order chi connectivity index (χ1) is 10.8. The predicted octanol–water partition coefficient (Wildman–Crippen LogP) is 0.536. The van der Waals surface area contributed by atoms with Crippen molar-refractivity contribution in [3.05, 3.63) is 53.9 Å². The second kappa shape index (κ2) is 7.20. The molecule has 1 atom stereocenters. The van der Waals surface area contributed by atoms with Crippen LogP contribution in [0.2, 0.25) is 0 Å². The standard InChI is InChI=1S/C16H20N4O2/c21-16(15-12-22-7-6-17-15)18-8-14-9-19-20(11-14)10-13-4-2-1-3-5-13/h1-5,9,11,15,17H,6-8,10,12H2,(H,18,21). The Bertz CT molecular complexity index is 606. The van der Waals surface area contributed by atoms with Gasteiger partial charge in [-0.3, -0.25) is 9.48 Å². The van der Waals surface area contributed by atoms with E-state index in [0.29, 0.717) is 26.3 Å². The van der Waals surface area contributed by atoms with Gasteiger partial charge in [0, 0.05) is 24.8 Å². The Kier molecular flexibility index (Phi) is 4.82. The van der Waals surface area contributed by atoms with Crippen molar-refractivity contribution >= 4 is 5.91 Å². The van der Waals surface area contributed by atoms with Crippen LogP contribution in [0.25, 0.3) is 0 Å². The molecule has 0 radical (unpaired) electrons. The van der Waals surface area contributed by atoms with Crippen LogP contribution in [0.15, 0.2) is 42.7 Å². The Balaban J connectivity index is 1.50. The zero-order chi connectivity index (χ0) is 15.2. The van der Waals surface area contributed by atoms with Gasteiger partial charge >= 0.3 is 0 Å². The Hall–Kier alpha value is -2.18. The lowest BCUT2D eigenvalue weighted by Gasteiger charge is -2.22. The Morgan fingerprint density at radius 1 is 1.36 bits per heavy atom. The van der Waals surface area contributed by atoms with Gasteiger partial charge in [0.1, 0.15) is 6.04 Å². The molecule has 1 amide bonds. The number of nitrogens with zero attached hydrogens (tertiary/aromatic N) is 2. The zero-order valence-electron chi connectivity index (χ0n) is 12.4. The third kappa shape index (κ3) is 3.93. The number of ether oxygens (including phenoxy) is 1. The molecule has 116 valence electrons. The van der Waals surface area contributed by atoms with E-state index in [0.717, 1.165) is 12.1 Å². The van der Waals surface area contributed by atoms with Crippen molar-refractivity contribution in [2.75, 3.05) is 19.8 Å². The van der Waals surface area contributed by atoms with Crippen LogP contribution in [0.1, 0.15) is 11.1 Å². The molecule has 3 rings (SSSR count). The normalized spacial score (nSPS) is 18.1. The van der Waals surface area contributed by atoms with Gasteiger partial charge in [-0.2, -0.15) is 5.10 Å². The summed E-state index contributed by atoms with van der Waals surface area (Å²) in [7, 11) is 0. The number of carbonyl (C=O) groups is 1. The summed E-state index contributed by atoms with van der Waals surface area (Å²) >= 11 is 0. The number of amides is 1. The monoisotopic (exact) mass is 300 g/mol. The SMILES string of the molecule is O=C(NCc1cnn(Cc2ccccc2)c1)C1COCCN1. The molecule has 1 aromatic carbocycles. The van der Waals surface area contributed by atoms with Crippen molar-refractivity contribution in [3.8, 4) is 0 Å². The van der Waals surface area contributed by atoms with Crippen LogP contribution in [-0.4, -0.2) is 41.5 Å². The second-order valence-corrected chi connectivity index (χ2v) is 5.33. The van der Waals surface area contributed by atoms with Crippen molar-refractivity contribution in [1.29, 1.82) is 0 Å². The number of benzene rings is 1. The van der Waals surface area contributed by atoms with E-state index in [1.807, 2.05) is 29.1 Å². The average molecular weight is 300 g/mol. The molecule has 6 nitrogen and oxygen atoms in total. The van der Waals surface area contributed by atoms with Gasteiger partial charge in [-0.15, -0.1) is 0 Å². The number of hydrogen-bond donors (Lipinski definition) is 2. The molecule has 1 unspecified atom stereocenters. The molecule has 2 heterocycles. The second-order valence-electron chi connectivity index (χ2n) is 5.33. The van der Waals surface area contributed by atoms with Crippen molar-refractivity contribution < 1.29 is 9.53 Å². The van der Waals surface area contributed by atoms with Crippen molar-refractivity contribution in [3.63, 3.8) is 0 Å². The lowest BCUT2D eigenvalue weighted by atomic mass is 10.2. The van der Waals surface area contributed by atoms with E-state index in [4.69, 9.17) is 4.74 Å². The summed E-state index contributed by atoms with van der Waals surface area (Å²) in [5.74, 6) is -0.0319. The van der Waals surface area contributed by atoms with Crippen LogP contribution in [0.3, 0.4) is 0 Å². The number of morpholine rings is 1. The van der Waals surface area contributed by atoms with E-state index in [1.165, 1.54) is 5.56 Å². The Morgan fingerprint density at radius 2 is 2.23 bits per heavy atom. The maximum Gasteiger partial charge on any atom is 0.239 e. The van der Waals surface area contributed by atoms with Gasteiger partial charge in [-0.1, -0.05) is 30.3 Å². The molecule has 0 saturated carbocycles. The van der Waals surface area contributed by atoms with E-state index in [-0.39, 0.29) is 11.9 Å².